The fourth-order valence-electron chi connectivity index (χ4n) is 2.74. The number of piperidine rings is 1. The van der Waals surface area contributed by atoms with E-state index in [1.165, 1.54) is 4.90 Å². The number of amides is 2. The zero-order valence-electron chi connectivity index (χ0n) is 11.8. The van der Waals surface area contributed by atoms with Gasteiger partial charge >= 0.3 is 0 Å². The van der Waals surface area contributed by atoms with Crippen LogP contribution in [0.15, 0.2) is 42.5 Å². The summed E-state index contributed by atoms with van der Waals surface area (Å²) < 4.78 is 0. The largest absolute Gasteiger partial charge is 0.322 e. The molecular formula is C17H18N2O2. The Morgan fingerprint density at radius 3 is 2.38 bits per heavy atom. The van der Waals surface area contributed by atoms with Gasteiger partial charge in [0.2, 0.25) is 11.8 Å². The summed E-state index contributed by atoms with van der Waals surface area (Å²) in [4.78, 5) is 25.0. The molecule has 0 saturated carbocycles. The molecule has 1 heterocycles. The van der Waals surface area contributed by atoms with E-state index in [1.807, 2.05) is 42.5 Å². The Labute approximate surface area is 123 Å². The summed E-state index contributed by atoms with van der Waals surface area (Å²) in [6.45, 7) is 0.260. The highest BCUT2D eigenvalue weighted by atomic mass is 16.2. The van der Waals surface area contributed by atoms with Gasteiger partial charge in [-0.25, -0.2) is 0 Å². The van der Waals surface area contributed by atoms with Crippen LogP contribution in [-0.2, 0) is 9.59 Å². The Balaban J connectivity index is 1.81. The van der Waals surface area contributed by atoms with Gasteiger partial charge in [-0.05, 0) is 28.8 Å². The predicted molar refractivity (Wildman–Crippen MR) is 81.4 cm³/mol. The summed E-state index contributed by atoms with van der Waals surface area (Å²) in [7, 11) is 0. The van der Waals surface area contributed by atoms with E-state index in [-0.39, 0.29) is 24.4 Å². The molecule has 108 valence electrons. The number of hydrogen-bond donors (Lipinski definition) is 1. The maximum absolute atomic E-state index is 11.8. The molecule has 2 amide bonds. The van der Waals surface area contributed by atoms with Crippen LogP contribution in [-0.4, -0.2) is 23.3 Å². The third-order valence-corrected chi connectivity index (χ3v) is 3.96. The summed E-state index contributed by atoms with van der Waals surface area (Å²) in [5, 5.41) is 2.26. The minimum atomic E-state index is -0.347. The first kappa shape index (κ1) is 13.8. The molecule has 2 aromatic rings. The fraction of sp³-hybridized carbons (Fsp3) is 0.294. The Morgan fingerprint density at radius 1 is 1.00 bits per heavy atom. The van der Waals surface area contributed by atoms with Gasteiger partial charge in [0.15, 0.2) is 0 Å². The number of imide groups is 1. The maximum atomic E-state index is 11.8. The lowest BCUT2D eigenvalue weighted by Gasteiger charge is -2.27. The number of carbonyl (C=O) groups excluding carboxylic acids is 2. The van der Waals surface area contributed by atoms with Crippen LogP contribution >= 0.6 is 0 Å². The van der Waals surface area contributed by atoms with Crippen molar-refractivity contribution in [1.82, 2.24) is 4.90 Å². The van der Waals surface area contributed by atoms with Crippen molar-refractivity contribution in [3.8, 4) is 0 Å². The van der Waals surface area contributed by atoms with E-state index in [1.54, 1.807) is 0 Å². The average Bonchev–Trinajstić information content (AvgIpc) is 2.50. The van der Waals surface area contributed by atoms with E-state index >= 15 is 0 Å². The van der Waals surface area contributed by atoms with Gasteiger partial charge in [0.25, 0.3) is 0 Å². The first-order valence-corrected chi connectivity index (χ1v) is 7.22. The number of fused-ring (bicyclic) bond motifs is 1. The summed E-state index contributed by atoms with van der Waals surface area (Å²) in [6.07, 6.45) is 1.53. The van der Waals surface area contributed by atoms with E-state index < -0.39 is 0 Å². The molecule has 2 aromatic carbocycles. The molecule has 1 unspecified atom stereocenters. The predicted octanol–water partition coefficient (Wildman–Crippen LogP) is 2.38. The van der Waals surface area contributed by atoms with Crippen molar-refractivity contribution in [2.45, 2.75) is 25.3 Å². The van der Waals surface area contributed by atoms with Crippen molar-refractivity contribution >= 4 is 22.6 Å². The van der Waals surface area contributed by atoms with Crippen molar-refractivity contribution < 1.29 is 9.59 Å². The van der Waals surface area contributed by atoms with E-state index in [4.69, 9.17) is 5.73 Å². The zero-order valence-corrected chi connectivity index (χ0v) is 11.8. The van der Waals surface area contributed by atoms with Crippen LogP contribution in [0.25, 0.3) is 10.8 Å². The van der Waals surface area contributed by atoms with E-state index in [2.05, 4.69) is 0 Å². The van der Waals surface area contributed by atoms with Gasteiger partial charge in [0, 0.05) is 25.4 Å². The minimum absolute atomic E-state index is 0.109. The number of rotatable bonds is 3. The van der Waals surface area contributed by atoms with Crippen LogP contribution in [0.5, 0.6) is 0 Å². The number of hydrogen-bond acceptors (Lipinski definition) is 3. The van der Waals surface area contributed by atoms with Crippen molar-refractivity contribution in [3.05, 3.63) is 48.0 Å². The zero-order chi connectivity index (χ0) is 14.8. The lowest BCUT2D eigenvalue weighted by molar-refractivity contribution is -0.148. The van der Waals surface area contributed by atoms with Crippen LogP contribution in [0.3, 0.4) is 0 Å². The molecule has 1 fully saturated rings. The second-order valence-corrected chi connectivity index (χ2v) is 5.46. The molecule has 1 aliphatic heterocycles. The second kappa shape index (κ2) is 5.66. The molecule has 21 heavy (non-hydrogen) atoms. The smallest absolute Gasteiger partial charge is 0.229 e. The van der Waals surface area contributed by atoms with Crippen LogP contribution < -0.4 is 5.73 Å². The van der Waals surface area contributed by atoms with Gasteiger partial charge in [-0.1, -0.05) is 36.4 Å². The van der Waals surface area contributed by atoms with Crippen LogP contribution in [0.2, 0.25) is 0 Å². The van der Waals surface area contributed by atoms with Crippen molar-refractivity contribution in [1.29, 1.82) is 0 Å². The van der Waals surface area contributed by atoms with Crippen LogP contribution in [0, 0.1) is 0 Å². The molecule has 0 spiro atoms. The Hall–Kier alpha value is -2.20. The summed E-state index contributed by atoms with van der Waals surface area (Å²) in [5.41, 5.74) is 7.14. The molecule has 4 nitrogen and oxygen atoms in total. The maximum Gasteiger partial charge on any atom is 0.229 e. The minimum Gasteiger partial charge on any atom is -0.322 e. The van der Waals surface area contributed by atoms with Gasteiger partial charge in [-0.15, -0.1) is 0 Å². The lowest BCUT2D eigenvalue weighted by Crippen LogP contribution is -2.43. The molecule has 3 rings (SSSR count). The van der Waals surface area contributed by atoms with Crippen molar-refractivity contribution in [2.75, 3.05) is 6.54 Å². The van der Waals surface area contributed by atoms with Gasteiger partial charge in [0.05, 0.1) is 0 Å². The number of benzene rings is 2. The van der Waals surface area contributed by atoms with Crippen LogP contribution in [0.1, 0.15) is 30.9 Å². The molecule has 0 aromatic heterocycles. The van der Waals surface area contributed by atoms with E-state index in [0.29, 0.717) is 19.3 Å². The quantitative estimate of drug-likeness (QED) is 0.879. The molecule has 1 atom stereocenters. The third kappa shape index (κ3) is 2.81. The molecule has 1 saturated heterocycles. The normalized spacial score (nSPS) is 17.3. The Morgan fingerprint density at radius 2 is 1.67 bits per heavy atom. The number of likely N-dealkylation sites (tertiary alicyclic amines) is 1. The number of carbonyl (C=O) groups is 2. The Kier molecular flexibility index (Phi) is 3.71. The monoisotopic (exact) mass is 282 g/mol. The third-order valence-electron chi connectivity index (χ3n) is 3.96. The van der Waals surface area contributed by atoms with Gasteiger partial charge in [0.1, 0.15) is 0 Å². The van der Waals surface area contributed by atoms with E-state index in [0.717, 1.165) is 16.3 Å². The summed E-state index contributed by atoms with van der Waals surface area (Å²) in [5.74, 6) is -0.218. The van der Waals surface area contributed by atoms with Gasteiger partial charge in [-0.3, -0.25) is 14.5 Å². The molecule has 2 N–H and O–H groups in total. The fourth-order valence-corrected chi connectivity index (χ4v) is 2.74. The molecular weight excluding hydrogens is 264 g/mol. The Bertz CT molecular complexity index is 680. The highest BCUT2D eigenvalue weighted by Gasteiger charge is 2.27. The molecule has 1 aliphatic rings. The first-order valence-electron chi connectivity index (χ1n) is 7.22. The van der Waals surface area contributed by atoms with Gasteiger partial charge < -0.3 is 5.73 Å². The summed E-state index contributed by atoms with van der Waals surface area (Å²) >= 11 is 0. The highest BCUT2D eigenvalue weighted by molar-refractivity contribution is 5.97. The number of nitrogens with zero attached hydrogens (tertiary/aromatic N) is 1. The van der Waals surface area contributed by atoms with Crippen molar-refractivity contribution in [3.63, 3.8) is 0 Å². The molecule has 4 heteroatoms. The number of nitrogens with two attached hydrogens (primary N) is 1. The van der Waals surface area contributed by atoms with Crippen molar-refractivity contribution in [2.24, 2.45) is 5.73 Å². The first-order chi connectivity index (χ1) is 10.1. The molecule has 0 radical (unpaired) electrons. The standard InChI is InChI=1S/C17H18N2O2/c18-15(11-19-16(20)6-3-7-17(19)21)14-9-8-12-4-1-2-5-13(12)10-14/h1-2,4-5,8-10,15H,3,6-7,11,18H2. The van der Waals surface area contributed by atoms with E-state index in [9.17, 15) is 9.59 Å². The van der Waals surface area contributed by atoms with Crippen LogP contribution in [0.4, 0.5) is 0 Å². The molecule has 0 aliphatic carbocycles. The molecule has 0 bridgehead atoms. The average molecular weight is 282 g/mol. The van der Waals surface area contributed by atoms with Gasteiger partial charge in [-0.2, -0.15) is 0 Å². The topological polar surface area (TPSA) is 63.4 Å². The lowest BCUT2D eigenvalue weighted by atomic mass is 10.0. The summed E-state index contributed by atoms with van der Waals surface area (Å²) in [6, 6.07) is 13.7. The second-order valence-electron chi connectivity index (χ2n) is 5.46. The highest BCUT2D eigenvalue weighted by Crippen LogP contribution is 2.21. The SMILES string of the molecule is NC(CN1C(=O)CCCC1=O)c1ccc2ccccc2c1.